The van der Waals surface area contributed by atoms with Gasteiger partial charge in [-0.1, -0.05) is 13.8 Å². The van der Waals surface area contributed by atoms with Gasteiger partial charge in [-0.3, -0.25) is 0 Å². The maximum atomic E-state index is 4.60. The van der Waals surface area contributed by atoms with Crippen molar-refractivity contribution < 1.29 is 0 Å². The second-order valence-corrected chi connectivity index (χ2v) is 5.87. The molecule has 0 spiro atoms. The summed E-state index contributed by atoms with van der Waals surface area (Å²) >= 11 is 0. The zero-order valence-corrected chi connectivity index (χ0v) is 13.0. The van der Waals surface area contributed by atoms with Crippen LogP contribution in [0.25, 0.3) is 22.3 Å². The SMILES string of the molecule is CC(C)c1ccc2[nH]c(CCc3ncc4[nH]cnc4n3)nc2n1. The highest BCUT2D eigenvalue weighted by Crippen LogP contribution is 2.16. The van der Waals surface area contributed by atoms with E-state index in [4.69, 9.17) is 0 Å². The number of pyridine rings is 1. The van der Waals surface area contributed by atoms with Crippen LogP contribution in [0.5, 0.6) is 0 Å². The monoisotopic (exact) mass is 307 g/mol. The Morgan fingerprint density at radius 3 is 2.74 bits per heavy atom. The molecule has 0 atom stereocenters. The summed E-state index contributed by atoms with van der Waals surface area (Å²) in [6, 6.07) is 4.09. The summed E-state index contributed by atoms with van der Waals surface area (Å²) in [6.07, 6.45) is 4.84. The molecule has 0 aliphatic rings. The normalized spacial score (nSPS) is 11.8. The molecule has 0 saturated heterocycles. The number of fused-ring (bicyclic) bond motifs is 2. The molecule has 116 valence electrons. The van der Waals surface area contributed by atoms with Gasteiger partial charge in [0.25, 0.3) is 0 Å². The van der Waals surface area contributed by atoms with Gasteiger partial charge in [-0.15, -0.1) is 0 Å². The second-order valence-electron chi connectivity index (χ2n) is 5.87. The lowest BCUT2D eigenvalue weighted by Gasteiger charge is -2.01. The molecule has 0 aliphatic heterocycles. The van der Waals surface area contributed by atoms with Crippen LogP contribution in [-0.2, 0) is 12.8 Å². The molecule has 4 aromatic rings. The van der Waals surface area contributed by atoms with Crippen LogP contribution in [0.3, 0.4) is 0 Å². The van der Waals surface area contributed by atoms with Crippen LogP contribution in [0.15, 0.2) is 24.7 Å². The molecule has 0 fully saturated rings. The topological polar surface area (TPSA) is 96.0 Å². The van der Waals surface area contributed by atoms with Crippen molar-refractivity contribution in [2.75, 3.05) is 0 Å². The van der Waals surface area contributed by atoms with Gasteiger partial charge >= 0.3 is 0 Å². The Bertz CT molecular complexity index is 967. The number of hydrogen-bond acceptors (Lipinski definition) is 5. The summed E-state index contributed by atoms with van der Waals surface area (Å²) in [4.78, 5) is 28.4. The maximum Gasteiger partial charge on any atom is 0.180 e. The lowest BCUT2D eigenvalue weighted by atomic mass is 10.1. The number of aromatic nitrogens is 7. The average Bonchev–Trinajstić information content (AvgIpc) is 3.17. The summed E-state index contributed by atoms with van der Waals surface area (Å²) in [7, 11) is 0. The van der Waals surface area contributed by atoms with Crippen LogP contribution in [0.1, 0.15) is 37.1 Å². The molecule has 0 aliphatic carbocycles. The van der Waals surface area contributed by atoms with E-state index in [0.717, 1.165) is 40.4 Å². The molecule has 0 amide bonds. The van der Waals surface area contributed by atoms with Gasteiger partial charge < -0.3 is 9.97 Å². The smallest absolute Gasteiger partial charge is 0.180 e. The minimum absolute atomic E-state index is 0.397. The fraction of sp³-hybridized carbons (Fsp3) is 0.312. The average molecular weight is 307 g/mol. The van der Waals surface area contributed by atoms with E-state index in [9.17, 15) is 0 Å². The number of nitrogens with one attached hydrogen (secondary N) is 2. The summed E-state index contributed by atoms with van der Waals surface area (Å²) in [5.74, 6) is 2.06. The fourth-order valence-corrected chi connectivity index (χ4v) is 2.52. The first-order valence-corrected chi connectivity index (χ1v) is 7.69. The van der Waals surface area contributed by atoms with Crippen molar-refractivity contribution in [3.63, 3.8) is 0 Å². The summed E-state index contributed by atoms with van der Waals surface area (Å²) < 4.78 is 0. The first kappa shape index (κ1) is 13.8. The molecule has 4 rings (SSSR count). The molecule has 2 N–H and O–H groups in total. The van der Waals surface area contributed by atoms with Gasteiger partial charge in [0.05, 0.1) is 18.0 Å². The molecule has 4 heterocycles. The molecular weight excluding hydrogens is 290 g/mol. The molecule has 0 saturated carbocycles. The van der Waals surface area contributed by atoms with Gasteiger partial charge in [0, 0.05) is 18.5 Å². The van der Waals surface area contributed by atoms with Crippen molar-refractivity contribution in [1.82, 2.24) is 34.9 Å². The first-order chi connectivity index (χ1) is 11.2. The minimum atomic E-state index is 0.397. The second kappa shape index (κ2) is 5.42. The Kier molecular flexibility index (Phi) is 3.25. The predicted molar refractivity (Wildman–Crippen MR) is 87.1 cm³/mol. The summed E-state index contributed by atoms with van der Waals surface area (Å²) in [6.45, 7) is 4.26. The van der Waals surface area contributed by atoms with E-state index in [1.807, 2.05) is 12.1 Å². The van der Waals surface area contributed by atoms with Crippen molar-refractivity contribution in [1.29, 1.82) is 0 Å². The highest BCUT2D eigenvalue weighted by atomic mass is 15.0. The van der Waals surface area contributed by atoms with Gasteiger partial charge in [-0.25, -0.2) is 24.9 Å². The third kappa shape index (κ3) is 2.65. The Balaban J connectivity index is 1.55. The van der Waals surface area contributed by atoms with Crippen LogP contribution < -0.4 is 0 Å². The van der Waals surface area contributed by atoms with E-state index in [-0.39, 0.29) is 0 Å². The number of aromatic amines is 2. The standard InChI is InChI=1S/C16H17N7/c1-9(2)10-3-4-11-16(21-10)23-14(20-11)6-5-13-17-7-12-15(22-13)19-8-18-12/h3-4,7-9H,5-6H2,1-2H3,(H,20,21,23)(H,17,18,19,22). The van der Waals surface area contributed by atoms with E-state index < -0.39 is 0 Å². The first-order valence-electron chi connectivity index (χ1n) is 7.69. The van der Waals surface area contributed by atoms with Crippen LogP contribution in [0.4, 0.5) is 0 Å². The van der Waals surface area contributed by atoms with Crippen molar-refractivity contribution >= 4 is 22.3 Å². The quantitative estimate of drug-likeness (QED) is 0.604. The van der Waals surface area contributed by atoms with E-state index >= 15 is 0 Å². The highest BCUT2D eigenvalue weighted by molar-refractivity contribution is 5.70. The van der Waals surface area contributed by atoms with Gasteiger partial charge in [0.15, 0.2) is 11.3 Å². The summed E-state index contributed by atoms with van der Waals surface area (Å²) in [5.41, 5.74) is 4.34. The molecule has 0 radical (unpaired) electrons. The molecule has 0 unspecified atom stereocenters. The molecule has 23 heavy (non-hydrogen) atoms. The lowest BCUT2D eigenvalue weighted by molar-refractivity contribution is 0.821. The zero-order valence-electron chi connectivity index (χ0n) is 13.0. The van der Waals surface area contributed by atoms with Crippen molar-refractivity contribution in [3.05, 3.63) is 42.0 Å². The summed E-state index contributed by atoms with van der Waals surface area (Å²) in [5, 5.41) is 0. The van der Waals surface area contributed by atoms with Gasteiger partial charge in [-0.05, 0) is 18.1 Å². The van der Waals surface area contributed by atoms with Crippen LogP contribution >= 0.6 is 0 Å². The number of rotatable bonds is 4. The van der Waals surface area contributed by atoms with Gasteiger partial charge in [0.1, 0.15) is 17.2 Å². The molecule has 7 heteroatoms. The molecule has 0 bridgehead atoms. The Labute approximate surface area is 132 Å². The van der Waals surface area contributed by atoms with Crippen molar-refractivity contribution in [2.24, 2.45) is 0 Å². The van der Waals surface area contributed by atoms with Crippen molar-refractivity contribution in [3.8, 4) is 0 Å². The third-order valence-electron chi connectivity index (χ3n) is 3.82. The lowest BCUT2D eigenvalue weighted by Crippen LogP contribution is -1.99. The van der Waals surface area contributed by atoms with E-state index in [0.29, 0.717) is 18.0 Å². The predicted octanol–water partition coefficient (Wildman–Crippen LogP) is 2.53. The molecular formula is C16H17N7. The Morgan fingerprint density at radius 2 is 1.87 bits per heavy atom. The number of H-pyrrole nitrogens is 2. The number of nitrogens with zero attached hydrogens (tertiary/aromatic N) is 5. The highest BCUT2D eigenvalue weighted by Gasteiger charge is 2.09. The molecule has 4 aromatic heterocycles. The zero-order chi connectivity index (χ0) is 15.8. The fourth-order valence-electron chi connectivity index (χ4n) is 2.52. The maximum absolute atomic E-state index is 4.60. The molecule has 7 nitrogen and oxygen atoms in total. The van der Waals surface area contributed by atoms with E-state index in [1.54, 1.807) is 12.5 Å². The van der Waals surface area contributed by atoms with E-state index in [2.05, 4.69) is 48.7 Å². The number of hydrogen-bond donors (Lipinski definition) is 2. The van der Waals surface area contributed by atoms with Crippen LogP contribution in [-0.4, -0.2) is 34.9 Å². The Hall–Kier alpha value is -2.83. The van der Waals surface area contributed by atoms with Crippen molar-refractivity contribution in [2.45, 2.75) is 32.6 Å². The third-order valence-corrected chi connectivity index (χ3v) is 3.82. The van der Waals surface area contributed by atoms with Gasteiger partial charge in [-0.2, -0.15) is 0 Å². The van der Waals surface area contributed by atoms with Crippen LogP contribution in [0, 0.1) is 0 Å². The number of aryl methyl sites for hydroxylation is 2. The minimum Gasteiger partial charge on any atom is -0.342 e. The Morgan fingerprint density at radius 1 is 0.957 bits per heavy atom. The number of imidazole rings is 2. The largest absolute Gasteiger partial charge is 0.342 e. The molecule has 0 aromatic carbocycles. The van der Waals surface area contributed by atoms with E-state index in [1.165, 1.54) is 0 Å². The van der Waals surface area contributed by atoms with Crippen LogP contribution in [0.2, 0.25) is 0 Å². The van der Waals surface area contributed by atoms with Gasteiger partial charge in [0.2, 0.25) is 0 Å².